The number of methoxy groups -OCH3 is 1. The molecule has 0 aliphatic carbocycles. The number of benzene rings is 1. The van der Waals surface area contributed by atoms with Gasteiger partial charge in [0.15, 0.2) is 5.78 Å². The van der Waals surface area contributed by atoms with Crippen LogP contribution in [0.4, 0.5) is 0 Å². The number of halogens is 1. The molecule has 0 N–H and O–H groups in total. The van der Waals surface area contributed by atoms with Crippen molar-refractivity contribution in [1.29, 1.82) is 0 Å². The molecule has 1 aliphatic rings. The fourth-order valence-corrected chi connectivity index (χ4v) is 2.33. The molecule has 1 aliphatic heterocycles. The standard InChI is InChI=1S/C15H19ClO4/c1-3-10-7-13(17)11-8-12(16)15(9-14(11)20-10)19-6-4-5-18-2/h8-10H,3-7H2,1-2H3. The second-order valence-corrected chi connectivity index (χ2v) is 5.16. The van der Waals surface area contributed by atoms with Crippen molar-refractivity contribution in [2.24, 2.45) is 0 Å². The van der Waals surface area contributed by atoms with E-state index in [0.717, 1.165) is 12.8 Å². The summed E-state index contributed by atoms with van der Waals surface area (Å²) in [6, 6.07) is 3.35. The quantitative estimate of drug-likeness (QED) is 0.754. The Morgan fingerprint density at radius 3 is 2.90 bits per heavy atom. The second kappa shape index (κ2) is 6.95. The Bertz CT molecular complexity index is 487. The van der Waals surface area contributed by atoms with E-state index in [4.69, 9.17) is 25.8 Å². The number of carbonyl (C=O) groups excluding carboxylic acids is 1. The lowest BCUT2D eigenvalue weighted by Gasteiger charge is -2.25. The third-order valence-corrected chi connectivity index (χ3v) is 3.54. The normalized spacial score (nSPS) is 17.6. The smallest absolute Gasteiger partial charge is 0.170 e. The van der Waals surface area contributed by atoms with Gasteiger partial charge >= 0.3 is 0 Å². The minimum atomic E-state index is -0.0579. The van der Waals surface area contributed by atoms with E-state index >= 15 is 0 Å². The van der Waals surface area contributed by atoms with Gasteiger partial charge in [-0.25, -0.2) is 0 Å². The minimum Gasteiger partial charge on any atom is -0.492 e. The van der Waals surface area contributed by atoms with Crippen LogP contribution in [-0.2, 0) is 4.74 Å². The topological polar surface area (TPSA) is 44.8 Å². The lowest BCUT2D eigenvalue weighted by Crippen LogP contribution is -2.26. The van der Waals surface area contributed by atoms with E-state index in [1.54, 1.807) is 19.2 Å². The van der Waals surface area contributed by atoms with Crippen LogP contribution < -0.4 is 9.47 Å². The molecule has 1 unspecified atom stereocenters. The van der Waals surface area contributed by atoms with E-state index in [9.17, 15) is 4.79 Å². The van der Waals surface area contributed by atoms with E-state index < -0.39 is 0 Å². The Morgan fingerprint density at radius 2 is 2.20 bits per heavy atom. The number of hydrogen-bond acceptors (Lipinski definition) is 4. The van der Waals surface area contributed by atoms with Crippen LogP contribution in [-0.4, -0.2) is 32.2 Å². The molecule has 0 bridgehead atoms. The van der Waals surface area contributed by atoms with Crippen LogP contribution in [0, 0.1) is 0 Å². The molecule has 0 spiro atoms. The summed E-state index contributed by atoms with van der Waals surface area (Å²) >= 11 is 6.15. The Hall–Kier alpha value is -1.26. The van der Waals surface area contributed by atoms with E-state index in [2.05, 4.69) is 0 Å². The highest BCUT2D eigenvalue weighted by Gasteiger charge is 2.26. The lowest BCUT2D eigenvalue weighted by molar-refractivity contribution is 0.0845. The average molecular weight is 299 g/mol. The van der Waals surface area contributed by atoms with Crippen LogP contribution in [0.25, 0.3) is 0 Å². The van der Waals surface area contributed by atoms with Gasteiger partial charge in [-0.1, -0.05) is 18.5 Å². The maximum absolute atomic E-state index is 12.0. The van der Waals surface area contributed by atoms with Gasteiger partial charge < -0.3 is 14.2 Å². The van der Waals surface area contributed by atoms with Gasteiger partial charge in [-0.3, -0.25) is 4.79 Å². The number of Topliss-reactive ketones (excluding diaryl/α,β-unsaturated/α-hetero) is 1. The first-order valence-electron chi connectivity index (χ1n) is 6.80. The largest absolute Gasteiger partial charge is 0.492 e. The van der Waals surface area contributed by atoms with Crippen LogP contribution in [0.2, 0.25) is 5.02 Å². The number of fused-ring (bicyclic) bond motifs is 1. The summed E-state index contributed by atoms with van der Waals surface area (Å²) in [5, 5.41) is 0.438. The first kappa shape index (κ1) is 15.1. The molecular formula is C15H19ClO4. The highest BCUT2D eigenvalue weighted by molar-refractivity contribution is 6.32. The Labute approximate surface area is 124 Å². The van der Waals surface area contributed by atoms with Crippen LogP contribution in [0.5, 0.6) is 11.5 Å². The molecule has 5 heteroatoms. The Kier molecular flexibility index (Phi) is 5.26. The van der Waals surface area contributed by atoms with Gasteiger partial charge in [0.05, 0.1) is 17.2 Å². The van der Waals surface area contributed by atoms with Crippen molar-refractivity contribution < 1.29 is 19.0 Å². The zero-order chi connectivity index (χ0) is 14.5. The van der Waals surface area contributed by atoms with Crippen molar-refractivity contribution in [3.63, 3.8) is 0 Å². The summed E-state index contributed by atoms with van der Waals surface area (Å²) in [5.41, 5.74) is 0.545. The van der Waals surface area contributed by atoms with Crippen molar-refractivity contribution in [2.45, 2.75) is 32.3 Å². The van der Waals surface area contributed by atoms with Gasteiger partial charge in [-0.15, -0.1) is 0 Å². The molecule has 1 atom stereocenters. The first-order chi connectivity index (χ1) is 9.65. The summed E-state index contributed by atoms with van der Waals surface area (Å²) in [6.45, 7) is 3.15. The van der Waals surface area contributed by atoms with Crippen molar-refractivity contribution in [1.82, 2.24) is 0 Å². The Morgan fingerprint density at radius 1 is 1.40 bits per heavy atom. The fraction of sp³-hybridized carbons (Fsp3) is 0.533. The lowest BCUT2D eigenvalue weighted by atomic mass is 9.99. The van der Waals surface area contributed by atoms with Crippen molar-refractivity contribution in [3.8, 4) is 11.5 Å². The van der Waals surface area contributed by atoms with Crippen molar-refractivity contribution >= 4 is 17.4 Å². The summed E-state index contributed by atoms with van der Waals surface area (Å²) in [7, 11) is 1.65. The monoisotopic (exact) mass is 298 g/mol. The number of ether oxygens (including phenoxy) is 3. The van der Waals surface area contributed by atoms with Gasteiger partial charge in [0, 0.05) is 32.6 Å². The zero-order valence-corrected chi connectivity index (χ0v) is 12.5. The molecule has 2 rings (SSSR count). The number of hydrogen-bond donors (Lipinski definition) is 0. The molecule has 110 valence electrons. The van der Waals surface area contributed by atoms with Gasteiger partial charge in [0.25, 0.3) is 0 Å². The molecule has 0 fully saturated rings. The van der Waals surface area contributed by atoms with E-state index in [-0.39, 0.29) is 11.9 Å². The molecule has 20 heavy (non-hydrogen) atoms. The van der Waals surface area contributed by atoms with Crippen LogP contribution in [0.3, 0.4) is 0 Å². The highest BCUT2D eigenvalue weighted by atomic mass is 35.5. The molecule has 0 amide bonds. The SMILES string of the molecule is CCC1CC(=O)c2cc(Cl)c(OCCCOC)cc2O1. The zero-order valence-electron chi connectivity index (χ0n) is 11.8. The maximum Gasteiger partial charge on any atom is 0.170 e. The minimum absolute atomic E-state index is 0.0579. The summed E-state index contributed by atoms with van der Waals surface area (Å²) in [4.78, 5) is 12.0. The number of carbonyl (C=O) groups is 1. The van der Waals surface area contributed by atoms with Gasteiger partial charge in [0.2, 0.25) is 0 Å². The molecule has 0 aromatic heterocycles. The molecule has 0 radical (unpaired) electrons. The molecular weight excluding hydrogens is 280 g/mol. The highest BCUT2D eigenvalue weighted by Crippen LogP contribution is 2.37. The second-order valence-electron chi connectivity index (χ2n) is 4.75. The van der Waals surface area contributed by atoms with E-state index in [0.29, 0.717) is 41.7 Å². The number of ketones is 1. The molecule has 1 heterocycles. The average Bonchev–Trinajstić information content (AvgIpc) is 2.44. The molecule has 1 aromatic carbocycles. The van der Waals surface area contributed by atoms with Crippen LogP contribution >= 0.6 is 11.6 Å². The maximum atomic E-state index is 12.0. The molecule has 1 aromatic rings. The van der Waals surface area contributed by atoms with Crippen molar-refractivity contribution in [2.75, 3.05) is 20.3 Å². The van der Waals surface area contributed by atoms with Crippen LogP contribution in [0.15, 0.2) is 12.1 Å². The molecule has 0 saturated heterocycles. The first-order valence-corrected chi connectivity index (χ1v) is 7.18. The summed E-state index contributed by atoms with van der Waals surface area (Å²) in [6.07, 6.45) is 1.94. The third kappa shape index (κ3) is 3.44. The third-order valence-electron chi connectivity index (χ3n) is 3.25. The van der Waals surface area contributed by atoms with Crippen molar-refractivity contribution in [3.05, 3.63) is 22.7 Å². The summed E-state index contributed by atoms with van der Waals surface area (Å²) in [5.74, 6) is 1.19. The predicted molar refractivity (Wildman–Crippen MR) is 77.1 cm³/mol. The fourth-order valence-electron chi connectivity index (χ4n) is 2.11. The van der Waals surface area contributed by atoms with E-state index in [1.165, 1.54) is 0 Å². The van der Waals surface area contributed by atoms with Gasteiger partial charge in [0.1, 0.15) is 17.6 Å². The molecule has 4 nitrogen and oxygen atoms in total. The van der Waals surface area contributed by atoms with Gasteiger partial charge in [-0.2, -0.15) is 0 Å². The van der Waals surface area contributed by atoms with Crippen LogP contribution in [0.1, 0.15) is 36.5 Å². The number of rotatable bonds is 6. The van der Waals surface area contributed by atoms with E-state index in [1.807, 2.05) is 6.92 Å². The predicted octanol–water partition coefficient (Wildman–Crippen LogP) is 3.50. The van der Waals surface area contributed by atoms with Gasteiger partial charge in [-0.05, 0) is 12.5 Å². The molecule has 0 saturated carbocycles. The summed E-state index contributed by atoms with van der Waals surface area (Å²) < 4.78 is 16.4. The Balaban J connectivity index is 2.14.